The Labute approximate surface area is 181 Å². The lowest BCUT2D eigenvalue weighted by Crippen LogP contribution is -2.50. The molecule has 1 saturated heterocycles. The molecule has 9 heteroatoms. The average Bonchev–Trinajstić information content (AvgIpc) is 3.12. The van der Waals surface area contributed by atoms with Crippen LogP contribution in [0.25, 0.3) is 5.82 Å². The molecule has 1 N–H and O–H groups in total. The van der Waals surface area contributed by atoms with Gasteiger partial charge in [-0.15, -0.1) is 0 Å². The van der Waals surface area contributed by atoms with Crippen LogP contribution in [0.1, 0.15) is 17.2 Å². The zero-order chi connectivity index (χ0) is 22.0. The van der Waals surface area contributed by atoms with Crippen molar-refractivity contribution in [3.8, 4) is 11.6 Å². The van der Waals surface area contributed by atoms with Gasteiger partial charge in [-0.1, -0.05) is 0 Å². The molecule has 3 heterocycles. The van der Waals surface area contributed by atoms with Crippen LogP contribution in [0.15, 0.2) is 36.4 Å². The van der Waals surface area contributed by atoms with E-state index in [0.29, 0.717) is 32.0 Å². The molecule has 0 bridgehead atoms. The zero-order valence-corrected chi connectivity index (χ0v) is 18.3. The minimum Gasteiger partial charge on any atom is -0.497 e. The number of aryl methyl sites for hydroxylation is 3. The van der Waals surface area contributed by atoms with Gasteiger partial charge in [0.05, 0.1) is 12.8 Å². The highest BCUT2D eigenvalue weighted by atomic mass is 16.5. The molecular weight excluding hydrogens is 394 g/mol. The number of methoxy groups -OCH3 is 1. The van der Waals surface area contributed by atoms with Gasteiger partial charge in [0.25, 0.3) is 0 Å². The molecule has 0 saturated carbocycles. The Bertz CT molecular complexity index is 1070. The van der Waals surface area contributed by atoms with Crippen molar-refractivity contribution < 1.29 is 9.53 Å². The molecule has 1 aliphatic rings. The molecular formula is C22H27N7O2. The van der Waals surface area contributed by atoms with Crippen molar-refractivity contribution in [1.82, 2.24) is 24.6 Å². The Morgan fingerprint density at radius 2 is 1.65 bits per heavy atom. The quantitative estimate of drug-likeness (QED) is 0.697. The molecule has 0 radical (unpaired) electrons. The van der Waals surface area contributed by atoms with E-state index in [0.717, 1.165) is 34.5 Å². The fourth-order valence-corrected chi connectivity index (χ4v) is 3.68. The summed E-state index contributed by atoms with van der Waals surface area (Å²) < 4.78 is 6.99. The summed E-state index contributed by atoms with van der Waals surface area (Å²) >= 11 is 0. The molecule has 3 aromatic rings. The number of hydrogen-bond donors (Lipinski definition) is 1. The van der Waals surface area contributed by atoms with E-state index in [-0.39, 0.29) is 6.03 Å². The van der Waals surface area contributed by atoms with E-state index in [4.69, 9.17) is 4.74 Å². The first-order valence-electron chi connectivity index (χ1n) is 10.3. The molecule has 1 fully saturated rings. The Kier molecular flexibility index (Phi) is 5.75. The van der Waals surface area contributed by atoms with E-state index < -0.39 is 0 Å². The lowest BCUT2D eigenvalue weighted by atomic mass is 10.3. The third-order valence-electron chi connectivity index (χ3n) is 5.27. The van der Waals surface area contributed by atoms with Crippen molar-refractivity contribution in [3.05, 3.63) is 53.6 Å². The minimum atomic E-state index is -0.105. The fourth-order valence-electron chi connectivity index (χ4n) is 3.68. The second-order valence-electron chi connectivity index (χ2n) is 7.60. The van der Waals surface area contributed by atoms with E-state index in [1.54, 1.807) is 7.11 Å². The van der Waals surface area contributed by atoms with Gasteiger partial charge in [-0.2, -0.15) is 5.10 Å². The maximum Gasteiger partial charge on any atom is 0.321 e. The lowest BCUT2D eigenvalue weighted by Gasteiger charge is -2.35. The summed E-state index contributed by atoms with van der Waals surface area (Å²) in [6.07, 6.45) is 0. The Morgan fingerprint density at radius 3 is 2.26 bits per heavy atom. The number of ether oxygens (including phenoxy) is 1. The number of benzene rings is 1. The van der Waals surface area contributed by atoms with Crippen LogP contribution >= 0.6 is 0 Å². The lowest BCUT2D eigenvalue weighted by molar-refractivity contribution is 0.208. The van der Waals surface area contributed by atoms with Gasteiger partial charge >= 0.3 is 6.03 Å². The molecule has 0 unspecified atom stereocenters. The van der Waals surface area contributed by atoms with Crippen LogP contribution < -0.4 is 15.0 Å². The summed E-state index contributed by atoms with van der Waals surface area (Å²) in [6.45, 7) is 8.48. The van der Waals surface area contributed by atoms with Crippen LogP contribution in [0.5, 0.6) is 5.75 Å². The number of nitrogens with one attached hydrogen (secondary N) is 1. The van der Waals surface area contributed by atoms with Crippen LogP contribution in [0.4, 0.5) is 16.3 Å². The number of hydrogen-bond acceptors (Lipinski definition) is 6. The molecule has 1 aliphatic heterocycles. The number of rotatable bonds is 4. The van der Waals surface area contributed by atoms with E-state index in [1.807, 2.05) is 66.8 Å². The highest BCUT2D eigenvalue weighted by Gasteiger charge is 2.23. The number of anilines is 2. The van der Waals surface area contributed by atoms with E-state index >= 15 is 0 Å². The molecule has 0 aliphatic carbocycles. The van der Waals surface area contributed by atoms with Gasteiger partial charge in [-0.05, 0) is 51.1 Å². The maximum absolute atomic E-state index is 12.6. The molecule has 1 aromatic carbocycles. The molecule has 0 spiro atoms. The van der Waals surface area contributed by atoms with Gasteiger partial charge in [0.2, 0.25) is 0 Å². The average molecular weight is 422 g/mol. The van der Waals surface area contributed by atoms with Crippen LogP contribution in [-0.4, -0.2) is 64.0 Å². The van der Waals surface area contributed by atoms with Crippen molar-refractivity contribution in [1.29, 1.82) is 0 Å². The Morgan fingerprint density at radius 1 is 0.968 bits per heavy atom. The molecule has 162 valence electrons. The highest BCUT2D eigenvalue weighted by molar-refractivity contribution is 5.89. The predicted octanol–water partition coefficient (Wildman–Crippen LogP) is 2.95. The van der Waals surface area contributed by atoms with Crippen molar-refractivity contribution in [2.75, 3.05) is 43.5 Å². The van der Waals surface area contributed by atoms with E-state index in [2.05, 4.69) is 25.3 Å². The van der Waals surface area contributed by atoms with Crippen molar-refractivity contribution in [2.45, 2.75) is 20.8 Å². The molecule has 31 heavy (non-hydrogen) atoms. The second-order valence-corrected chi connectivity index (χ2v) is 7.60. The topological polar surface area (TPSA) is 88.4 Å². The molecule has 2 amide bonds. The SMILES string of the molecule is COc1ccc(NC(=O)N2CCN(c3cc(-n4nc(C)cc4C)nc(C)n3)CC2)cc1. The number of carbonyl (C=O) groups excluding carboxylic acids is 1. The minimum absolute atomic E-state index is 0.105. The predicted molar refractivity (Wildman–Crippen MR) is 119 cm³/mol. The monoisotopic (exact) mass is 421 g/mol. The second kappa shape index (κ2) is 8.63. The summed E-state index contributed by atoms with van der Waals surface area (Å²) in [5, 5.41) is 7.47. The number of amides is 2. The number of piperazine rings is 1. The number of urea groups is 1. The van der Waals surface area contributed by atoms with Crippen LogP contribution in [0, 0.1) is 20.8 Å². The fraction of sp³-hybridized carbons (Fsp3) is 0.364. The molecule has 0 atom stereocenters. The number of nitrogens with zero attached hydrogens (tertiary/aromatic N) is 6. The van der Waals surface area contributed by atoms with E-state index in [1.165, 1.54) is 0 Å². The van der Waals surface area contributed by atoms with Gasteiger partial charge in [0, 0.05) is 43.6 Å². The Balaban J connectivity index is 1.41. The largest absolute Gasteiger partial charge is 0.497 e. The van der Waals surface area contributed by atoms with Gasteiger partial charge in [-0.25, -0.2) is 19.4 Å². The highest BCUT2D eigenvalue weighted by Crippen LogP contribution is 2.20. The van der Waals surface area contributed by atoms with Gasteiger partial charge in [0.15, 0.2) is 5.82 Å². The van der Waals surface area contributed by atoms with Crippen LogP contribution in [0.3, 0.4) is 0 Å². The summed E-state index contributed by atoms with van der Waals surface area (Å²) in [5.41, 5.74) is 2.72. The summed E-state index contributed by atoms with van der Waals surface area (Å²) in [7, 11) is 1.62. The zero-order valence-electron chi connectivity index (χ0n) is 18.3. The number of aromatic nitrogens is 4. The third kappa shape index (κ3) is 4.60. The first-order chi connectivity index (χ1) is 14.9. The maximum atomic E-state index is 12.6. The van der Waals surface area contributed by atoms with Crippen molar-refractivity contribution in [3.63, 3.8) is 0 Å². The normalized spacial score (nSPS) is 13.9. The smallest absolute Gasteiger partial charge is 0.321 e. The molecule has 4 rings (SSSR count). The van der Waals surface area contributed by atoms with Gasteiger partial charge < -0.3 is 19.9 Å². The molecule has 9 nitrogen and oxygen atoms in total. The van der Waals surface area contributed by atoms with Gasteiger partial charge in [0.1, 0.15) is 17.4 Å². The molecule has 2 aromatic heterocycles. The first kappa shape index (κ1) is 20.6. The van der Waals surface area contributed by atoms with Gasteiger partial charge in [-0.3, -0.25) is 0 Å². The summed E-state index contributed by atoms with van der Waals surface area (Å²) in [4.78, 5) is 25.8. The summed E-state index contributed by atoms with van der Waals surface area (Å²) in [6, 6.07) is 11.2. The number of carbonyl (C=O) groups is 1. The Hall–Kier alpha value is -3.62. The third-order valence-corrected chi connectivity index (χ3v) is 5.27. The van der Waals surface area contributed by atoms with Crippen molar-refractivity contribution >= 4 is 17.5 Å². The first-order valence-corrected chi connectivity index (χ1v) is 10.3. The van der Waals surface area contributed by atoms with E-state index in [9.17, 15) is 4.79 Å². The van der Waals surface area contributed by atoms with Crippen molar-refractivity contribution in [2.24, 2.45) is 0 Å². The van der Waals surface area contributed by atoms with Crippen LogP contribution in [-0.2, 0) is 0 Å². The summed E-state index contributed by atoms with van der Waals surface area (Å²) in [5.74, 6) is 3.06. The standard InChI is InChI=1S/C22H27N7O2/c1-15-13-16(2)29(26-15)21-14-20(23-17(3)24-21)27-9-11-28(12-10-27)22(30)25-18-5-7-19(31-4)8-6-18/h5-8,13-14H,9-12H2,1-4H3,(H,25,30). The van der Waals surface area contributed by atoms with Crippen LogP contribution in [0.2, 0.25) is 0 Å².